The number of aromatic nitrogens is 4. The van der Waals surface area contributed by atoms with E-state index in [2.05, 4.69) is 9.97 Å². The summed E-state index contributed by atoms with van der Waals surface area (Å²) >= 11 is 0. The molecule has 0 radical (unpaired) electrons. The van der Waals surface area contributed by atoms with E-state index in [1.807, 2.05) is 59.5 Å². The fourth-order valence-electron chi connectivity index (χ4n) is 3.74. The van der Waals surface area contributed by atoms with Gasteiger partial charge in [-0.25, -0.2) is 15.0 Å². The Morgan fingerprint density at radius 1 is 1.00 bits per heavy atom. The number of hydrogen-bond acceptors (Lipinski definition) is 6. The summed E-state index contributed by atoms with van der Waals surface area (Å²) in [6.45, 7) is 0.694. The molecule has 0 spiro atoms. The summed E-state index contributed by atoms with van der Waals surface area (Å²) in [6.07, 6.45) is 2.30. The lowest BCUT2D eigenvalue weighted by atomic mass is 10.1. The van der Waals surface area contributed by atoms with Crippen LogP contribution in [0.4, 0.5) is 11.6 Å². The van der Waals surface area contributed by atoms with Crippen LogP contribution in [0.2, 0.25) is 0 Å². The minimum atomic E-state index is -0.745. The van der Waals surface area contributed by atoms with Gasteiger partial charge in [-0.1, -0.05) is 48.5 Å². The van der Waals surface area contributed by atoms with Gasteiger partial charge in [0.1, 0.15) is 6.33 Å². The molecule has 4 aromatic rings. The van der Waals surface area contributed by atoms with Crippen LogP contribution in [0.25, 0.3) is 11.4 Å². The second-order valence-corrected chi connectivity index (χ2v) is 7.13. The van der Waals surface area contributed by atoms with Crippen molar-refractivity contribution in [2.24, 2.45) is 0 Å². The van der Waals surface area contributed by atoms with Gasteiger partial charge in [0, 0.05) is 18.0 Å². The Morgan fingerprint density at radius 2 is 1.80 bits per heavy atom. The number of aliphatic hydroxyl groups excluding tert-OH is 1. The van der Waals surface area contributed by atoms with Crippen LogP contribution < -0.4 is 10.5 Å². The fourth-order valence-corrected chi connectivity index (χ4v) is 3.74. The Balaban J connectivity index is 1.63. The van der Waals surface area contributed by atoms with Crippen LogP contribution in [0.15, 0.2) is 84.0 Å². The summed E-state index contributed by atoms with van der Waals surface area (Å²) in [6, 6.07) is 20.6. The maximum Gasteiger partial charge on any atom is 0.255 e. The van der Waals surface area contributed by atoms with Gasteiger partial charge < -0.3 is 10.0 Å². The van der Waals surface area contributed by atoms with Crippen molar-refractivity contribution >= 4 is 11.6 Å². The minimum Gasteiger partial charge on any atom is -0.387 e. The van der Waals surface area contributed by atoms with Gasteiger partial charge in [-0.2, -0.15) is 0 Å². The molecule has 2 aromatic carbocycles. The monoisotopic (exact) mass is 397 g/mol. The number of β-amino-alcohol motifs (C(OH)–C–C–N with tert-alkyl or cyclic N) is 1. The average Bonchev–Trinajstić information content (AvgIpc) is 2.80. The van der Waals surface area contributed by atoms with Crippen molar-refractivity contribution in [2.45, 2.75) is 12.6 Å². The molecule has 7 nitrogen and oxygen atoms in total. The molecule has 0 amide bonds. The van der Waals surface area contributed by atoms with Crippen molar-refractivity contribution in [3.63, 3.8) is 0 Å². The van der Waals surface area contributed by atoms with Crippen molar-refractivity contribution in [1.29, 1.82) is 0 Å². The molecular weight excluding hydrogens is 378 g/mol. The van der Waals surface area contributed by atoms with Crippen LogP contribution in [0.3, 0.4) is 0 Å². The Labute approximate surface area is 172 Å². The first-order chi connectivity index (χ1) is 14.7. The third-order valence-corrected chi connectivity index (χ3v) is 5.22. The molecule has 1 unspecified atom stereocenters. The molecule has 2 aromatic heterocycles. The van der Waals surface area contributed by atoms with Crippen molar-refractivity contribution in [1.82, 2.24) is 19.5 Å². The zero-order valence-corrected chi connectivity index (χ0v) is 16.1. The summed E-state index contributed by atoms with van der Waals surface area (Å²) in [7, 11) is 0. The highest BCUT2D eigenvalue weighted by Crippen LogP contribution is 2.34. The van der Waals surface area contributed by atoms with Crippen molar-refractivity contribution in [3.05, 3.63) is 101 Å². The second-order valence-electron chi connectivity index (χ2n) is 7.13. The molecule has 1 atom stereocenters. The minimum absolute atomic E-state index is 0.165. The zero-order chi connectivity index (χ0) is 20.5. The summed E-state index contributed by atoms with van der Waals surface area (Å²) < 4.78 is 1.63. The van der Waals surface area contributed by atoms with Crippen molar-refractivity contribution in [3.8, 4) is 11.4 Å². The molecular formula is C23H19N5O2. The molecule has 1 aliphatic heterocycles. The maximum atomic E-state index is 13.0. The van der Waals surface area contributed by atoms with Gasteiger partial charge >= 0.3 is 0 Å². The van der Waals surface area contributed by atoms with Crippen molar-refractivity contribution < 1.29 is 5.11 Å². The van der Waals surface area contributed by atoms with E-state index in [4.69, 9.17) is 4.98 Å². The molecule has 1 aliphatic rings. The maximum absolute atomic E-state index is 13.0. The predicted octanol–water partition coefficient (Wildman–Crippen LogP) is 2.93. The number of para-hydroxylation sites is 1. The highest BCUT2D eigenvalue weighted by molar-refractivity contribution is 5.67. The van der Waals surface area contributed by atoms with Crippen LogP contribution in [-0.4, -0.2) is 31.2 Å². The first kappa shape index (κ1) is 18.2. The van der Waals surface area contributed by atoms with Crippen molar-refractivity contribution in [2.75, 3.05) is 11.4 Å². The molecule has 5 rings (SSSR count). The highest BCUT2D eigenvalue weighted by Gasteiger charge is 2.27. The van der Waals surface area contributed by atoms with E-state index in [-0.39, 0.29) is 12.1 Å². The van der Waals surface area contributed by atoms with Gasteiger partial charge in [0.15, 0.2) is 0 Å². The van der Waals surface area contributed by atoms with E-state index in [1.165, 1.54) is 12.4 Å². The van der Waals surface area contributed by atoms with Gasteiger partial charge in [-0.05, 0) is 23.3 Å². The molecule has 148 valence electrons. The Bertz CT molecular complexity index is 1240. The van der Waals surface area contributed by atoms with Crippen LogP contribution in [-0.2, 0) is 6.54 Å². The summed E-state index contributed by atoms with van der Waals surface area (Å²) in [5.74, 6) is 0.491. The lowest BCUT2D eigenvalue weighted by Gasteiger charge is -2.34. The van der Waals surface area contributed by atoms with Gasteiger partial charge in [0.2, 0.25) is 5.95 Å². The van der Waals surface area contributed by atoms with Crippen LogP contribution in [0.5, 0.6) is 0 Å². The van der Waals surface area contributed by atoms with Gasteiger partial charge in [0.25, 0.3) is 5.56 Å². The third kappa shape index (κ3) is 3.25. The van der Waals surface area contributed by atoms with E-state index < -0.39 is 6.10 Å². The van der Waals surface area contributed by atoms with E-state index in [1.54, 1.807) is 16.8 Å². The van der Waals surface area contributed by atoms with Gasteiger partial charge in [-0.3, -0.25) is 9.36 Å². The van der Waals surface area contributed by atoms with Gasteiger partial charge in [0.05, 0.1) is 30.6 Å². The predicted molar refractivity (Wildman–Crippen MR) is 113 cm³/mol. The van der Waals surface area contributed by atoms with Crippen LogP contribution >= 0.6 is 0 Å². The van der Waals surface area contributed by atoms with Crippen LogP contribution in [0.1, 0.15) is 17.2 Å². The first-order valence-electron chi connectivity index (χ1n) is 9.67. The molecule has 0 saturated heterocycles. The van der Waals surface area contributed by atoms with E-state index in [9.17, 15) is 9.90 Å². The largest absolute Gasteiger partial charge is 0.387 e. The molecule has 0 fully saturated rings. The lowest BCUT2D eigenvalue weighted by molar-refractivity contribution is 0.185. The SMILES string of the molecule is O=c1cc(-c2ccncn2)nc2n1Cc1ccccc1N2CC(O)c1ccccc1. The fraction of sp³-hybridized carbons (Fsp3) is 0.130. The Morgan fingerprint density at radius 3 is 2.60 bits per heavy atom. The Hall–Kier alpha value is -3.84. The summed E-state index contributed by atoms with van der Waals surface area (Å²) in [5, 5.41) is 10.9. The number of hydrogen-bond donors (Lipinski definition) is 1. The lowest BCUT2D eigenvalue weighted by Crippen LogP contribution is -2.37. The number of nitrogens with zero attached hydrogens (tertiary/aromatic N) is 5. The molecule has 30 heavy (non-hydrogen) atoms. The highest BCUT2D eigenvalue weighted by atomic mass is 16.3. The molecule has 7 heteroatoms. The number of benzene rings is 2. The quantitative estimate of drug-likeness (QED) is 0.570. The summed E-state index contributed by atoms with van der Waals surface area (Å²) in [4.78, 5) is 27.8. The number of anilines is 2. The molecule has 3 heterocycles. The zero-order valence-electron chi connectivity index (χ0n) is 16.1. The Kier molecular flexibility index (Phi) is 4.57. The number of fused-ring (bicyclic) bond motifs is 2. The van der Waals surface area contributed by atoms with E-state index in [0.717, 1.165) is 16.8 Å². The van der Waals surface area contributed by atoms with E-state index >= 15 is 0 Å². The first-order valence-corrected chi connectivity index (χ1v) is 9.67. The second kappa shape index (κ2) is 7.53. The standard InChI is InChI=1S/C23H19N5O2/c29-21(16-6-2-1-3-7-16)14-27-20-9-5-4-8-17(20)13-28-22(30)12-19(26-23(27)28)18-10-11-24-15-25-18/h1-12,15,21,29H,13-14H2. The van der Waals surface area contributed by atoms with Gasteiger partial charge in [-0.15, -0.1) is 0 Å². The van der Waals surface area contributed by atoms with E-state index in [0.29, 0.717) is 23.9 Å². The number of aliphatic hydroxyl groups is 1. The molecule has 1 N–H and O–H groups in total. The number of rotatable bonds is 4. The molecule has 0 saturated carbocycles. The topological polar surface area (TPSA) is 84.1 Å². The molecule has 0 bridgehead atoms. The smallest absolute Gasteiger partial charge is 0.255 e. The van der Waals surface area contributed by atoms with Crippen LogP contribution in [0, 0.1) is 0 Å². The molecule has 0 aliphatic carbocycles. The normalized spacial score (nSPS) is 13.4. The summed E-state index contributed by atoms with van der Waals surface area (Å²) in [5.41, 5.74) is 3.63. The third-order valence-electron chi connectivity index (χ3n) is 5.22. The average molecular weight is 397 g/mol.